The minimum atomic E-state index is -3.80. The molecule has 0 fully saturated rings. The number of nitrogens with one attached hydrogen (secondary N) is 2. The summed E-state index contributed by atoms with van der Waals surface area (Å²) < 4.78 is 27.8. The Balaban J connectivity index is 2.46. The van der Waals surface area contributed by atoms with Gasteiger partial charge in [0.1, 0.15) is 4.90 Å². The Labute approximate surface area is 133 Å². The van der Waals surface area contributed by atoms with Crippen molar-refractivity contribution in [2.75, 3.05) is 0 Å². The molecule has 1 unspecified atom stereocenters. The number of sulfonamides is 1. The summed E-state index contributed by atoms with van der Waals surface area (Å²) in [6.45, 7) is 5.07. The molecule has 0 aliphatic rings. The lowest BCUT2D eigenvalue weighted by molar-refractivity contribution is 0.566. The molecule has 0 bridgehead atoms. The van der Waals surface area contributed by atoms with Crippen LogP contribution in [0.25, 0.3) is 0 Å². The molecule has 1 aromatic heterocycles. The van der Waals surface area contributed by atoms with Crippen LogP contribution in [-0.4, -0.2) is 18.6 Å². The van der Waals surface area contributed by atoms with Crippen LogP contribution in [0.3, 0.4) is 0 Å². The number of aromatic amines is 1. The normalized spacial score (nSPS) is 13.4. The van der Waals surface area contributed by atoms with Gasteiger partial charge in [-0.15, -0.1) is 0 Å². The molecule has 0 amide bonds. The molecule has 8 heteroatoms. The van der Waals surface area contributed by atoms with E-state index in [0.29, 0.717) is 16.1 Å². The summed E-state index contributed by atoms with van der Waals surface area (Å²) in [7, 11) is -3.80. The first-order chi connectivity index (χ1) is 9.74. The van der Waals surface area contributed by atoms with Crippen molar-refractivity contribution < 1.29 is 8.42 Å². The van der Waals surface area contributed by atoms with Gasteiger partial charge in [-0.05, 0) is 38.0 Å². The molecule has 2 rings (SSSR count). The van der Waals surface area contributed by atoms with E-state index in [1.807, 2.05) is 0 Å². The number of aromatic nitrogens is 2. The van der Waals surface area contributed by atoms with Crippen molar-refractivity contribution in [2.24, 2.45) is 0 Å². The maximum Gasteiger partial charge on any atom is 0.242 e. The number of aryl methyl sites for hydroxylation is 1. The Morgan fingerprint density at radius 3 is 2.57 bits per heavy atom. The van der Waals surface area contributed by atoms with E-state index in [4.69, 9.17) is 23.2 Å². The third-order valence-electron chi connectivity index (χ3n) is 3.21. The van der Waals surface area contributed by atoms with Crippen LogP contribution in [0.2, 0.25) is 10.0 Å². The fourth-order valence-electron chi connectivity index (χ4n) is 1.99. The zero-order chi connectivity index (χ0) is 15.8. The van der Waals surface area contributed by atoms with E-state index in [9.17, 15) is 8.42 Å². The molecule has 2 N–H and O–H groups in total. The Morgan fingerprint density at radius 2 is 2.00 bits per heavy atom. The number of rotatable bonds is 4. The lowest BCUT2D eigenvalue weighted by atomic mass is 10.2. The van der Waals surface area contributed by atoms with Gasteiger partial charge in [-0.3, -0.25) is 5.10 Å². The Bertz CT molecular complexity index is 732. The van der Waals surface area contributed by atoms with Crippen molar-refractivity contribution in [1.29, 1.82) is 0 Å². The van der Waals surface area contributed by atoms with Crippen LogP contribution in [0.1, 0.15) is 29.7 Å². The second-order valence-corrected chi connectivity index (χ2v) is 7.25. The molecule has 0 saturated carbocycles. The molecule has 21 heavy (non-hydrogen) atoms. The third-order valence-corrected chi connectivity index (χ3v) is 5.91. The molecule has 0 aliphatic heterocycles. The average molecular weight is 348 g/mol. The van der Waals surface area contributed by atoms with Gasteiger partial charge in [0.15, 0.2) is 0 Å². The first-order valence-corrected chi connectivity index (χ1v) is 8.44. The highest BCUT2D eigenvalue weighted by atomic mass is 35.5. The number of hydrogen-bond donors (Lipinski definition) is 2. The van der Waals surface area contributed by atoms with Crippen molar-refractivity contribution in [3.63, 3.8) is 0 Å². The number of nitrogens with zero attached hydrogens (tertiary/aromatic N) is 1. The van der Waals surface area contributed by atoms with Crippen LogP contribution in [0.5, 0.6) is 0 Å². The summed E-state index contributed by atoms with van der Waals surface area (Å²) in [6.07, 6.45) is 3.19. The summed E-state index contributed by atoms with van der Waals surface area (Å²) in [5.74, 6) is 0. The maximum absolute atomic E-state index is 12.6. The van der Waals surface area contributed by atoms with E-state index in [1.54, 1.807) is 39.2 Å². The van der Waals surface area contributed by atoms with E-state index < -0.39 is 16.1 Å². The molecular formula is C13H15Cl2N3O2S. The largest absolute Gasteiger partial charge is 0.285 e. The molecule has 0 aliphatic carbocycles. The van der Waals surface area contributed by atoms with Crippen LogP contribution in [-0.2, 0) is 10.0 Å². The average Bonchev–Trinajstić information content (AvgIpc) is 2.89. The first kappa shape index (κ1) is 16.3. The van der Waals surface area contributed by atoms with E-state index in [0.717, 1.165) is 5.56 Å². The smallest absolute Gasteiger partial charge is 0.242 e. The van der Waals surface area contributed by atoms with Crippen molar-refractivity contribution in [1.82, 2.24) is 14.9 Å². The molecular weight excluding hydrogens is 333 g/mol. The first-order valence-electron chi connectivity index (χ1n) is 6.20. The van der Waals surface area contributed by atoms with Gasteiger partial charge < -0.3 is 0 Å². The molecule has 1 aromatic carbocycles. The fraction of sp³-hybridized carbons (Fsp3) is 0.308. The highest BCUT2D eigenvalue weighted by Gasteiger charge is 2.26. The Hall–Kier alpha value is -1.08. The molecule has 114 valence electrons. The minimum absolute atomic E-state index is 0.0181. The monoisotopic (exact) mass is 347 g/mol. The predicted molar refractivity (Wildman–Crippen MR) is 83.3 cm³/mol. The van der Waals surface area contributed by atoms with E-state index >= 15 is 0 Å². The van der Waals surface area contributed by atoms with Crippen molar-refractivity contribution in [3.8, 4) is 0 Å². The maximum atomic E-state index is 12.6. The van der Waals surface area contributed by atoms with E-state index in [1.165, 1.54) is 0 Å². The Kier molecular flexibility index (Phi) is 4.63. The summed E-state index contributed by atoms with van der Waals surface area (Å²) in [5.41, 5.74) is 1.77. The molecule has 0 radical (unpaired) electrons. The highest BCUT2D eigenvalue weighted by Crippen LogP contribution is 2.33. The third kappa shape index (κ3) is 3.23. The topological polar surface area (TPSA) is 74.8 Å². The van der Waals surface area contributed by atoms with Crippen LogP contribution in [0.15, 0.2) is 23.4 Å². The SMILES string of the molecule is Cc1cc(Cl)c(C)c(S(=O)(=O)NC(C)c2cn[nH]c2)c1Cl. The standard InChI is InChI=1S/C13H15Cl2N3O2S/c1-7-4-11(14)8(2)13(12(7)15)21(19,20)18-9(3)10-5-16-17-6-10/h4-6,9,18H,1-3H3,(H,16,17). The van der Waals surface area contributed by atoms with Crippen molar-refractivity contribution in [3.05, 3.63) is 45.2 Å². The number of H-pyrrole nitrogens is 1. The van der Waals surface area contributed by atoms with Gasteiger partial charge >= 0.3 is 0 Å². The molecule has 0 spiro atoms. The van der Waals surface area contributed by atoms with Crippen molar-refractivity contribution in [2.45, 2.75) is 31.7 Å². The molecule has 2 aromatic rings. The van der Waals surface area contributed by atoms with Gasteiger partial charge in [-0.25, -0.2) is 13.1 Å². The molecule has 0 saturated heterocycles. The lowest BCUT2D eigenvalue weighted by Gasteiger charge is -2.17. The highest BCUT2D eigenvalue weighted by molar-refractivity contribution is 7.89. The fourth-order valence-corrected chi connectivity index (χ4v) is 4.44. The van der Waals surface area contributed by atoms with Gasteiger partial charge in [0.25, 0.3) is 0 Å². The lowest BCUT2D eigenvalue weighted by Crippen LogP contribution is -2.27. The van der Waals surface area contributed by atoms with Crippen LogP contribution in [0.4, 0.5) is 0 Å². The van der Waals surface area contributed by atoms with Crippen LogP contribution < -0.4 is 4.72 Å². The second kappa shape index (κ2) is 5.96. The van der Waals surface area contributed by atoms with Gasteiger partial charge in [0.2, 0.25) is 10.0 Å². The van der Waals surface area contributed by atoms with Crippen LogP contribution >= 0.6 is 23.2 Å². The number of hydrogen-bond acceptors (Lipinski definition) is 3. The zero-order valence-corrected chi connectivity index (χ0v) is 14.1. The van der Waals surface area contributed by atoms with Gasteiger partial charge in [0, 0.05) is 22.8 Å². The van der Waals surface area contributed by atoms with Gasteiger partial charge in [-0.2, -0.15) is 5.10 Å². The molecule has 5 nitrogen and oxygen atoms in total. The molecule has 1 heterocycles. The van der Waals surface area contributed by atoms with Gasteiger partial charge in [-0.1, -0.05) is 23.2 Å². The Morgan fingerprint density at radius 1 is 1.33 bits per heavy atom. The van der Waals surface area contributed by atoms with E-state index in [2.05, 4.69) is 14.9 Å². The minimum Gasteiger partial charge on any atom is -0.285 e. The summed E-state index contributed by atoms with van der Waals surface area (Å²) >= 11 is 12.2. The van der Waals surface area contributed by atoms with Crippen molar-refractivity contribution >= 4 is 33.2 Å². The summed E-state index contributed by atoms with van der Waals surface area (Å²) in [5, 5.41) is 7.00. The predicted octanol–water partition coefficient (Wildman–Crippen LogP) is 3.37. The zero-order valence-electron chi connectivity index (χ0n) is 11.7. The quantitative estimate of drug-likeness (QED) is 0.890. The van der Waals surface area contributed by atoms with E-state index in [-0.39, 0.29) is 9.92 Å². The number of halogens is 2. The van der Waals surface area contributed by atoms with Gasteiger partial charge in [0.05, 0.1) is 11.2 Å². The summed E-state index contributed by atoms with van der Waals surface area (Å²) in [6, 6.07) is 1.21. The number of benzene rings is 1. The second-order valence-electron chi connectivity index (χ2n) is 4.82. The summed E-state index contributed by atoms with van der Waals surface area (Å²) in [4.78, 5) is 0.0181. The molecule has 1 atom stereocenters. The van der Waals surface area contributed by atoms with Crippen LogP contribution in [0, 0.1) is 13.8 Å².